The molecule has 0 spiro atoms. The van der Waals surface area contributed by atoms with Crippen LogP contribution in [0.3, 0.4) is 0 Å². The van der Waals surface area contributed by atoms with Crippen LogP contribution < -0.4 is 24.4 Å². The fourth-order valence-corrected chi connectivity index (χ4v) is 7.03. The number of allylic oxidation sites excluding steroid dienone is 1. The lowest BCUT2D eigenvalue weighted by Crippen LogP contribution is -2.40. The largest absolute Gasteiger partial charge is 0.491 e. The van der Waals surface area contributed by atoms with E-state index in [9.17, 15) is 14.9 Å². The van der Waals surface area contributed by atoms with Gasteiger partial charge < -0.3 is 14.2 Å². The van der Waals surface area contributed by atoms with Crippen molar-refractivity contribution < 1.29 is 19.0 Å². The number of benzene rings is 3. The van der Waals surface area contributed by atoms with E-state index in [4.69, 9.17) is 25.8 Å². The van der Waals surface area contributed by atoms with E-state index in [1.807, 2.05) is 50.2 Å². The van der Waals surface area contributed by atoms with Crippen molar-refractivity contribution in [3.63, 3.8) is 0 Å². The minimum atomic E-state index is -0.832. The summed E-state index contributed by atoms with van der Waals surface area (Å²) < 4.78 is 20.2. The van der Waals surface area contributed by atoms with Crippen LogP contribution in [-0.2, 0) is 16.1 Å². The van der Waals surface area contributed by atoms with Crippen LogP contribution in [0.5, 0.6) is 11.5 Å². The van der Waals surface area contributed by atoms with Crippen molar-refractivity contribution in [1.82, 2.24) is 4.57 Å². The molecule has 2 heterocycles. The summed E-state index contributed by atoms with van der Waals surface area (Å²) in [5.74, 6) is 0.453. The molecule has 3 aromatic carbocycles. The fourth-order valence-electron chi connectivity index (χ4n) is 5.04. The Bertz CT molecular complexity index is 2040. The van der Waals surface area contributed by atoms with E-state index < -0.39 is 12.0 Å². The van der Waals surface area contributed by atoms with Gasteiger partial charge in [0.15, 0.2) is 4.80 Å². The van der Waals surface area contributed by atoms with Gasteiger partial charge in [-0.25, -0.2) is 9.79 Å². The monoisotopic (exact) mass is 705 g/mol. The molecule has 0 fully saturated rings. The first-order valence-corrected chi connectivity index (χ1v) is 16.2. The lowest BCUT2D eigenvalue weighted by molar-refractivity contribution is -0.139. The molecule has 0 amide bonds. The van der Waals surface area contributed by atoms with Crippen molar-refractivity contribution in [1.29, 1.82) is 5.26 Å². The standard InChI is InChI=1S/C34H29BrClN3O5S/c1-5-42-33(41)29-20(4)38-34-39(30(29)25-12-8-9-13-27(25)44-19(2)3)32(40)28(45-34)15-23-14-24(36)16-26(35)31(23)43-18-22-11-7-6-10-21(22)17-37/h6-16,19,30H,5,18H2,1-4H3/b28-15-/t30-/m1/s1. The van der Waals surface area contributed by atoms with Crippen LogP contribution in [0.25, 0.3) is 6.08 Å². The third-order valence-corrected chi connectivity index (χ3v) is 8.72. The van der Waals surface area contributed by atoms with Crippen molar-refractivity contribution in [2.75, 3.05) is 6.61 Å². The molecule has 4 aromatic rings. The summed E-state index contributed by atoms with van der Waals surface area (Å²) in [5, 5.41) is 9.94. The third kappa shape index (κ3) is 6.76. The second-order valence-electron chi connectivity index (χ2n) is 10.4. The molecule has 45 heavy (non-hydrogen) atoms. The number of halogens is 2. The summed E-state index contributed by atoms with van der Waals surface area (Å²) >= 11 is 11.2. The molecule has 0 saturated heterocycles. The minimum Gasteiger partial charge on any atom is -0.491 e. The first-order valence-electron chi connectivity index (χ1n) is 14.2. The molecule has 0 bridgehead atoms. The number of nitriles is 1. The molecule has 0 N–H and O–H groups in total. The predicted molar refractivity (Wildman–Crippen MR) is 177 cm³/mol. The lowest BCUT2D eigenvalue weighted by atomic mass is 9.95. The number of para-hydroxylation sites is 1. The second-order valence-corrected chi connectivity index (χ2v) is 12.7. The van der Waals surface area contributed by atoms with Gasteiger partial charge in [-0.1, -0.05) is 59.3 Å². The predicted octanol–water partition coefficient (Wildman–Crippen LogP) is 6.45. The number of rotatable bonds is 9. The van der Waals surface area contributed by atoms with Gasteiger partial charge in [0.25, 0.3) is 5.56 Å². The summed E-state index contributed by atoms with van der Waals surface area (Å²) in [5.41, 5.74) is 2.78. The van der Waals surface area contributed by atoms with Crippen molar-refractivity contribution >= 4 is 50.9 Å². The van der Waals surface area contributed by atoms with E-state index in [1.54, 1.807) is 44.2 Å². The van der Waals surface area contributed by atoms with Crippen LogP contribution in [0.2, 0.25) is 5.02 Å². The normalized spacial score (nSPS) is 14.5. The Hall–Kier alpha value is -4.17. The Kier molecular flexibility index (Phi) is 9.93. The number of esters is 1. The SMILES string of the molecule is CCOC(=O)C1=C(C)N=c2s/c(=C\c3cc(Cl)cc(Br)c3OCc3ccccc3C#N)c(=O)n2[C@@H]1c1ccccc1OC(C)C. The van der Waals surface area contributed by atoms with Gasteiger partial charge >= 0.3 is 5.97 Å². The summed E-state index contributed by atoms with van der Waals surface area (Å²) in [4.78, 5) is 32.7. The average Bonchev–Trinajstić information content (AvgIpc) is 3.30. The maximum Gasteiger partial charge on any atom is 0.338 e. The zero-order chi connectivity index (χ0) is 32.2. The Labute approximate surface area is 277 Å². The quantitative estimate of drug-likeness (QED) is 0.186. The maximum absolute atomic E-state index is 14.3. The molecular formula is C34H29BrClN3O5S. The molecule has 0 saturated carbocycles. The lowest BCUT2D eigenvalue weighted by Gasteiger charge is -2.26. The zero-order valence-electron chi connectivity index (χ0n) is 25.0. The summed E-state index contributed by atoms with van der Waals surface area (Å²) in [6.07, 6.45) is 1.56. The third-order valence-electron chi connectivity index (χ3n) is 6.93. The number of aromatic nitrogens is 1. The van der Waals surface area contributed by atoms with E-state index in [-0.39, 0.29) is 30.5 Å². The number of carbonyl (C=O) groups is 1. The van der Waals surface area contributed by atoms with Crippen molar-refractivity contribution in [2.24, 2.45) is 4.99 Å². The van der Waals surface area contributed by atoms with Crippen molar-refractivity contribution in [3.05, 3.63) is 123 Å². The highest BCUT2D eigenvalue weighted by Crippen LogP contribution is 2.37. The molecule has 0 unspecified atom stereocenters. The number of hydrogen-bond acceptors (Lipinski definition) is 8. The molecule has 230 valence electrons. The van der Waals surface area contributed by atoms with Gasteiger partial charge in [0.2, 0.25) is 0 Å². The number of fused-ring (bicyclic) bond motifs is 1. The Morgan fingerprint density at radius 2 is 1.93 bits per heavy atom. The number of carbonyl (C=O) groups excluding carboxylic acids is 1. The molecule has 1 aromatic heterocycles. The van der Waals surface area contributed by atoms with Crippen LogP contribution in [0.4, 0.5) is 0 Å². The number of nitrogens with zero attached hydrogens (tertiary/aromatic N) is 3. The van der Waals surface area contributed by atoms with Gasteiger partial charge in [-0.3, -0.25) is 9.36 Å². The molecule has 0 aliphatic carbocycles. The molecule has 1 atom stereocenters. The number of thiazole rings is 1. The Morgan fingerprint density at radius 1 is 1.20 bits per heavy atom. The van der Waals surface area contributed by atoms with Gasteiger partial charge in [0, 0.05) is 21.7 Å². The zero-order valence-corrected chi connectivity index (χ0v) is 28.1. The van der Waals surface area contributed by atoms with E-state index in [2.05, 4.69) is 27.0 Å². The number of hydrogen-bond donors (Lipinski definition) is 0. The summed E-state index contributed by atoms with van der Waals surface area (Å²) in [7, 11) is 0. The molecular weight excluding hydrogens is 678 g/mol. The van der Waals surface area contributed by atoms with Crippen LogP contribution in [0.15, 0.2) is 86.2 Å². The van der Waals surface area contributed by atoms with Crippen LogP contribution >= 0.6 is 38.9 Å². The van der Waals surface area contributed by atoms with E-state index in [1.165, 1.54) is 15.9 Å². The minimum absolute atomic E-state index is 0.126. The second kappa shape index (κ2) is 13.9. The van der Waals surface area contributed by atoms with Gasteiger partial charge in [0.1, 0.15) is 24.1 Å². The van der Waals surface area contributed by atoms with Crippen LogP contribution in [0, 0.1) is 11.3 Å². The van der Waals surface area contributed by atoms with Gasteiger partial charge in [-0.2, -0.15) is 5.26 Å². The van der Waals surface area contributed by atoms with Gasteiger partial charge in [0.05, 0.1) is 44.6 Å². The maximum atomic E-state index is 14.3. The molecule has 5 rings (SSSR count). The number of ether oxygens (including phenoxy) is 3. The smallest absolute Gasteiger partial charge is 0.338 e. The van der Waals surface area contributed by atoms with Crippen LogP contribution in [0.1, 0.15) is 56.0 Å². The van der Waals surface area contributed by atoms with E-state index in [0.717, 1.165) is 5.56 Å². The molecule has 8 nitrogen and oxygen atoms in total. The summed E-state index contributed by atoms with van der Waals surface area (Å²) in [6, 6.07) is 19.3. The highest BCUT2D eigenvalue weighted by Gasteiger charge is 2.35. The van der Waals surface area contributed by atoms with Crippen LogP contribution in [-0.4, -0.2) is 23.2 Å². The van der Waals surface area contributed by atoms with Crippen molar-refractivity contribution in [2.45, 2.75) is 46.4 Å². The molecule has 1 aliphatic rings. The first-order chi connectivity index (χ1) is 21.6. The first kappa shape index (κ1) is 32.2. The van der Waals surface area contributed by atoms with Crippen molar-refractivity contribution in [3.8, 4) is 17.6 Å². The highest BCUT2D eigenvalue weighted by atomic mass is 79.9. The topological polar surface area (TPSA) is 103 Å². The highest BCUT2D eigenvalue weighted by molar-refractivity contribution is 9.10. The van der Waals surface area contributed by atoms with E-state index in [0.29, 0.717) is 52.7 Å². The average molecular weight is 707 g/mol. The Morgan fingerprint density at radius 3 is 2.67 bits per heavy atom. The molecule has 1 aliphatic heterocycles. The fraction of sp³-hybridized carbons (Fsp3) is 0.235. The molecule has 0 radical (unpaired) electrons. The molecule has 11 heteroatoms. The van der Waals surface area contributed by atoms with Gasteiger partial charge in [-0.15, -0.1) is 0 Å². The van der Waals surface area contributed by atoms with Gasteiger partial charge in [-0.05, 0) is 74.0 Å². The van der Waals surface area contributed by atoms with E-state index >= 15 is 0 Å². The summed E-state index contributed by atoms with van der Waals surface area (Å²) in [6.45, 7) is 7.59. The Balaban J connectivity index is 1.68.